The van der Waals surface area contributed by atoms with E-state index >= 15 is 0 Å². The molecule has 1 aliphatic rings. The number of hydrogen-bond acceptors (Lipinski definition) is 5. The molecule has 1 atom stereocenters. The first-order chi connectivity index (χ1) is 13.1. The molecule has 136 valence electrons. The smallest absolute Gasteiger partial charge is 0.341 e. The number of anilines is 2. The quantitative estimate of drug-likeness (QED) is 0.709. The number of amides is 1. The molecule has 2 aromatic carbocycles. The van der Waals surface area contributed by atoms with E-state index in [2.05, 4.69) is 5.32 Å². The molecule has 0 saturated heterocycles. The van der Waals surface area contributed by atoms with Crippen LogP contribution in [0.2, 0.25) is 0 Å². The van der Waals surface area contributed by atoms with E-state index in [9.17, 15) is 9.59 Å². The van der Waals surface area contributed by atoms with Crippen LogP contribution in [0.5, 0.6) is 0 Å². The van der Waals surface area contributed by atoms with Gasteiger partial charge in [0.25, 0.3) is 5.91 Å². The molecular weight excluding hydrogens is 344 g/mol. The van der Waals surface area contributed by atoms with Crippen LogP contribution >= 0.6 is 0 Å². The minimum Gasteiger partial charge on any atom is -0.465 e. The van der Waals surface area contributed by atoms with Crippen LogP contribution in [0.25, 0.3) is 0 Å². The topological polar surface area (TPSA) is 71.8 Å². The summed E-state index contributed by atoms with van der Waals surface area (Å²) in [6.07, 6.45) is -0.591. The van der Waals surface area contributed by atoms with Crippen LogP contribution in [0.15, 0.2) is 65.1 Å². The molecule has 27 heavy (non-hydrogen) atoms. The third-order valence-electron chi connectivity index (χ3n) is 4.57. The predicted molar refractivity (Wildman–Crippen MR) is 101 cm³/mol. The van der Waals surface area contributed by atoms with Gasteiger partial charge in [-0.05, 0) is 37.3 Å². The van der Waals surface area contributed by atoms with Gasteiger partial charge in [0, 0.05) is 11.4 Å². The summed E-state index contributed by atoms with van der Waals surface area (Å²) < 4.78 is 10.6. The molecule has 6 heteroatoms. The van der Waals surface area contributed by atoms with E-state index in [0.29, 0.717) is 28.3 Å². The molecule has 1 amide bonds. The molecular formula is C21H18N2O4. The van der Waals surface area contributed by atoms with Crippen LogP contribution in [0, 0.1) is 6.92 Å². The number of nitrogens with one attached hydrogen (secondary N) is 1. The van der Waals surface area contributed by atoms with Crippen molar-refractivity contribution >= 4 is 23.3 Å². The lowest BCUT2D eigenvalue weighted by molar-refractivity contribution is 0.0598. The second-order valence-electron chi connectivity index (χ2n) is 6.21. The van der Waals surface area contributed by atoms with Crippen molar-refractivity contribution in [3.05, 3.63) is 83.3 Å². The van der Waals surface area contributed by atoms with E-state index in [1.807, 2.05) is 48.5 Å². The number of esters is 1. The van der Waals surface area contributed by atoms with E-state index < -0.39 is 12.1 Å². The summed E-state index contributed by atoms with van der Waals surface area (Å²) in [4.78, 5) is 26.8. The molecule has 3 aromatic rings. The van der Waals surface area contributed by atoms with Crippen molar-refractivity contribution in [2.24, 2.45) is 0 Å². The Morgan fingerprint density at radius 1 is 1.11 bits per heavy atom. The number of benzene rings is 2. The molecule has 4 rings (SSSR count). The highest BCUT2D eigenvalue weighted by Crippen LogP contribution is 2.37. The SMILES string of the molecule is COC(=O)c1cc([C@@H]2Nc3ccccc3C(=O)N2c2ccccc2)oc1C. The van der Waals surface area contributed by atoms with E-state index in [4.69, 9.17) is 9.15 Å². The Morgan fingerprint density at radius 3 is 2.56 bits per heavy atom. The number of para-hydroxylation sites is 2. The zero-order valence-electron chi connectivity index (χ0n) is 14.9. The summed E-state index contributed by atoms with van der Waals surface area (Å²) in [5.41, 5.74) is 2.36. The van der Waals surface area contributed by atoms with Gasteiger partial charge in [-0.1, -0.05) is 30.3 Å². The number of aryl methyl sites for hydroxylation is 1. The Bertz CT molecular complexity index is 1010. The predicted octanol–water partition coefficient (Wildman–Crippen LogP) is 4.15. The first kappa shape index (κ1) is 16.9. The van der Waals surface area contributed by atoms with Crippen LogP contribution in [0.4, 0.5) is 11.4 Å². The van der Waals surface area contributed by atoms with Gasteiger partial charge in [0.15, 0.2) is 6.17 Å². The average Bonchev–Trinajstić information content (AvgIpc) is 3.09. The zero-order valence-corrected chi connectivity index (χ0v) is 14.9. The number of furan rings is 1. The highest BCUT2D eigenvalue weighted by Gasteiger charge is 2.36. The van der Waals surface area contributed by atoms with Gasteiger partial charge >= 0.3 is 5.97 Å². The summed E-state index contributed by atoms with van der Waals surface area (Å²) in [5.74, 6) is 0.281. The molecule has 0 unspecified atom stereocenters. The second-order valence-corrected chi connectivity index (χ2v) is 6.21. The molecule has 1 aromatic heterocycles. The maximum atomic E-state index is 13.2. The first-order valence-corrected chi connectivity index (χ1v) is 8.53. The maximum Gasteiger partial charge on any atom is 0.341 e. The fourth-order valence-electron chi connectivity index (χ4n) is 3.26. The molecule has 0 fully saturated rings. The highest BCUT2D eigenvalue weighted by atomic mass is 16.5. The number of rotatable bonds is 3. The van der Waals surface area contributed by atoms with Crippen molar-refractivity contribution in [1.82, 2.24) is 0 Å². The minimum atomic E-state index is -0.591. The summed E-state index contributed by atoms with van der Waals surface area (Å²) in [5, 5.41) is 3.35. The Balaban J connectivity index is 1.84. The molecule has 0 bridgehead atoms. The van der Waals surface area contributed by atoms with Crippen molar-refractivity contribution in [1.29, 1.82) is 0 Å². The molecule has 0 radical (unpaired) electrons. The lowest BCUT2D eigenvalue weighted by Gasteiger charge is -2.36. The molecule has 0 saturated carbocycles. The summed E-state index contributed by atoms with van der Waals surface area (Å²) in [6.45, 7) is 1.70. The highest BCUT2D eigenvalue weighted by molar-refractivity contribution is 6.12. The van der Waals surface area contributed by atoms with Crippen LogP contribution in [-0.4, -0.2) is 19.0 Å². The fraction of sp³-hybridized carbons (Fsp3) is 0.143. The largest absolute Gasteiger partial charge is 0.465 e. The average molecular weight is 362 g/mol. The van der Waals surface area contributed by atoms with Gasteiger partial charge in [0.05, 0.1) is 12.7 Å². The second kappa shape index (κ2) is 6.64. The van der Waals surface area contributed by atoms with Crippen LogP contribution in [0.3, 0.4) is 0 Å². The van der Waals surface area contributed by atoms with Gasteiger partial charge in [-0.2, -0.15) is 0 Å². The molecule has 1 N–H and O–H groups in total. The Morgan fingerprint density at radius 2 is 1.81 bits per heavy atom. The molecule has 0 aliphatic carbocycles. The van der Waals surface area contributed by atoms with Gasteiger partial charge in [-0.3, -0.25) is 9.69 Å². The van der Waals surface area contributed by atoms with Gasteiger partial charge in [-0.25, -0.2) is 4.79 Å². The number of methoxy groups -OCH3 is 1. The van der Waals surface area contributed by atoms with E-state index in [1.165, 1.54) is 7.11 Å². The maximum absolute atomic E-state index is 13.2. The lowest BCUT2D eigenvalue weighted by Crippen LogP contribution is -2.43. The minimum absolute atomic E-state index is 0.144. The number of fused-ring (bicyclic) bond motifs is 1. The first-order valence-electron chi connectivity index (χ1n) is 8.53. The van der Waals surface area contributed by atoms with Crippen molar-refractivity contribution < 1.29 is 18.7 Å². The third kappa shape index (κ3) is 2.85. The number of carbonyl (C=O) groups is 2. The summed E-state index contributed by atoms with van der Waals surface area (Å²) >= 11 is 0. The Hall–Kier alpha value is -3.54. The monoisotopic (exact) mass is 362 g/mol. The van der Waals surface area contributed by atoms with Crippen LogP contribution in [-0.2, 0) is 4.74 Å². The summed E-state index contributed by atoms with van der Waals surface area (Å²) in [6, 6.07) is 18.3. The van der Waals surface area contributed by atoms with Gasteiger partial charge < -0.3 is 14.5 Å². The van der Waals surface area contributed by atoms with Crippen LogP contribution in [0.1, 0.15) is 38.4 Å². The van der Waals surface area contributed by atoms with Crippen molar-refractivity contribution in [2.75, 3.05) is 17.3 Å². The van der Waals surface area contributed by atoms with Gasteiger partial charge in [-0.15, -0.1) is 0 Å². The number of hydrogen-bond donors (Lipinski definition) is 1. The van der Waals surface area contributed by atoms with Gasteiger partial charge in [0.2, 0.25) is 0 Å². The normalized spacial score (nSPS) is 15.9. The summed E-state index contributed by atoms with van der Waals surface area (Å²) in [7, 11) is 1.32. The standard InChI is InChI=1S/C21H18N2O4/c1-13-16(21(25)26-2)12-18(27-13)19-22-17-11-7-6-10-15(17)20(24)23(19)14-8-4-3-5-9-14/h3-12,19,22H,1-2H3/t19-/m1/s1. The fourth-order valence-corrected chi connectivity index (χ4v) is 3.26. The van der Waals surface area contributed by atoms with E-state index in [1.54, 1.807) is 24.0 Å². The van der Waals surface area contributed by atoms with Gasteiger partial charge in [0.1, 0.15) is 17.1 Å². The van der Waals surface area contributed by atoms with E-state index in [-0.39, 0.29) is 5.91 Å². The lowest BCUT2D eigenvalue weighted by atomic mass is 10.1. The van der Waals surface area contributed by atoms with Crippen molar-refractivity contribution in [3.63, 3.8) is 0 Å². The molecule has 0 spiro atoms. The third-order valence-corrected chi connectivity index (χ3v) is 4.57. The molecule has 1 aliphatic heterocycles. The Kier molecular flexibility index (Phi) is 4.16. The Labute approximate surface area is 156 Å². The molecule has 2 heterocycles. The van der Waals surface area contributed by atoms with Crippen molar-refractivity contribution in [3.8, 4) is 0 Å². The van der Waals surface area contributed by atoms with Crippen molar-refractivity contribution in [2.45, 2.75) is 13.1 Å². The number of ether oxygens (including phenoxy) is 1. The van der Waals surface area contributed by atoms with E-state index in [0.717, 1.165) is 5.69 Å². The zero-order chi connectivity index (χ0) is 19.0. The molecule has 6 nitrogen and oxygen atoms in total. The number of nitrogens with zero attached hydrogens (tertiary/aromatic N) is 1. The van der Waals surface area contributed by atoms with Crippen LogP contribution < -0.4 is 10.2 Å². The number of carbonyl (C=O) groups excluding carboxylic acids is 2.